The third-order valence-electron chi connectivity index (χ3n) is 5.83. The van der Waals surface area contributed by atoms with Crippen LogP contribution in [0.5, 0.6) is 17.2 Å². The van der Waals surface area contributed by atoms with Gasteiger partial charge in [-0.3, -0.25) is 9.36 Å². The summed E-state index contributed by atoms with van der Waals surface area (Å²) in [6.07, 6.45) is 1.70. The summed E-state index contributed by atoms with van der Waals surface area (Å²) >= 11 is 1.20. The number of fused-ring (bicyclic) bond motifs is 1. The third-order valence-corrected chi connectivity index (χ3v) is 6.81. The van der Waals surface area contributed by atoms with Crippen molar-refractivity contribution < 1.29 is 23.7 Å². The topological polar surface area (TPSA) is 112 Å². The molecule has 0 saturated heterocycles. The molecule has 4 rings (SSSR count). The van der Waals surface area contributed by atoms with Crippen LogP contribution in [0.4, 0.5) is 0 Å². The predicted octanol–water partition coefficient (Wildman–Crippen LogP) is 3.11. The number of carbonyl (C=O) groups is 1. The molecule has 1 atom stereocenters. The van der Waals surface area contributed by atoms with E-state index in [1.807, 2.05) is 19.1 Å². The van der Waals surface area contributed by atoms with E-state index < -0.39 is 12.0 Å². The van der Waals surface area contributed by atoms with Gasteiger partial charge >= 0.3 is 5.97 Å². The van der Waals surface area contributed by atoms with E-state index in [2.05, 4.69) is 4.99 Å². The van der Waals surface area contributed by atoms with Gasteiger partial charge in [0.25, 0.3) is 5.56 Å². The molecule has 1 aliphatic rings. The fourth-order valence-corrected chi connectivity index (χ4v) is 5.31. The van der Waals surface area contributed by atoms with Crippen LogP contribution in [-0.2, 0) is 9.53 Å². The minimum Gasteiger partial charge on any atom is -0.493 e. The SMILES string of the molecule is CCOC(=O)C1=C(C)N=c2sc(=Cc3ccccc3OCC#N)c(=O)n2[C@H]1c1cccc(OC)c1OCC. The number of aromatic nitrogens is 1. The Morgan fingerprint density at radius 2 is 1.89 bits per heavy atom. The van der Waals surface area contributed by atoms with E-state index in [0.717, 1.165) is 0 Å². The molecule has 1 aromatic heterocycles. The Bertz CT molecular complexity index is 1610. The Hall–Kier alpha value is -4.36. The van der Waals surface area contributed by atoms with Gasteiger partial charge in [0.05, 0.1) is 36.1 Å². The summed E-state index contributed by atoms with van der Waals surface area (Å²) in [5, 5.41) is 8.92. The molecule has 2 aromatic carbocycles. The van der Waals surface area contributed by atoms with E-state index in [1.54, 1.807) is 56.3 Å². The first kappa shape index (κ1) is 26.7. The average Bonchev–Trinajstić information content (AvgIpc) is 3.22. The summed E-state index contributed by atoms with van der Waals surface area (Å²) in [6, 6.07) is 13.6. The van der Waals surface area contributed by atoms with Crippen molar-refractivity contribution in [2.24, 2.45) is 4.99 Å². The lowest BCUT2D eigenvalue weighted by molar-refractivity contribution is -0.139. The molecule has 0 amide bonds. The molecule has 0 unspecified atom stereocenters. The Labute approximate surface area is 223 Å². The second-order valence-electron chi connectivity index (χ2n) is 8.10. The number of methoxy groups -OCH3 is 1. The average molecular weight is 534 g/mol. The lowest BCUT2D eigenvalue weighted by Crippen LogP contribution is -2.40. The Balaban J connectivity index is 2.00. The van der Waals surface area contributed by atoms with Crippen LogP contribution in [0.3, 0.4) is 0 Å². The van der Waals surface area contributed by atoms with Crippen molar-refractivity contribution in [3.8, 4) is 23.3 Å². The molecule has 0 aliphatic carbocycles. The first-order valence-electron chi connectivity index (χ1n) is 12.0. The van der Waals surface area contributed by atoms with Gasteiger partial charge in [-0.05, 0) is 39.0 Å². The number of benzene rings is 2. The minimum atomic E-state index is -0.853. The van der Waals surface area contributed by atoms with Crippen molar-refractivity contribution >= 4 is 23.4 Å². The monoisotopic (exact) mass is 533 g/mol. The molecule has 0 fully saturated rings. The summed E-state index contributed by atoms with van der Waals surface area (Å²) < 4.78 is 24.3. The van der Waals surface area contributed by atoms with Crippen molar-refractivity contribution in [2.45, 2.75) is 26.8 Å². The van der Waals surface area contributed by atoms with Gasteiger partial charge in [-0.15, -0.1) is 0 Å². The van der Waals surface area contributed by atoms with Gasteiger partial charge in [-0.25, -0.2) is 9.79 Å². The standard InChI is InChI=1S/C28H27N3O6S/c1-5-35-25-19(11-9-13-21(25)34-4)24-23(27(33)36-6-2)17(3)30-28-31(24)26(32)22(38-28)16-18-10-7-8-12-20(18)37-15-14-29/h7-13,16,24H,5-6,15H2,1-4H3/t24-/m0/s1. The summed E-state index contributed by atoms with van der Waals surface area (Å²) in [5.41, 5.74) is 1.58. The molecule has 0 radical (unpaired) electrons. The molecule has 0 bridgehead atoms. The highest BCUT2D eigenvalue weighted by Crippen LogP contribution is 2.40. The number of hydrogen-bond acceptors (Lipinski definition) is 9. The van der Waals surface area contributed by atoms with Gasteiger partial charge in [0.15, 0.2) is 22.9 Å². The molecule has 196 valence electrons. The van der Waals surface area contributed by atoms with Crippen molar-refractivity contribution in [3.05, 3.63) is 84.5 Å². The van der Waals surface area contributed by atoms with Gasteiger partial charge in [0, 0.05) is 11.1 Å². The summed E-state index contributed by atoms with van der Waals surface area (Å²) in [6.45, 7) is 5.70. The lowest BCUT2D eigenvalue weighted by atomic mass is 9.94. The van der Waals surface area contributed by atoms with E-state index in [1.165, 1.54) is 23.0 Å². The van der Waals surface area contributed by atoms with E-state index in [4.69, 9.17) is 24.2 Å². The Morgan fingerprint density at radius 1 is 1.13 bits per heavy atom. The molecule has 0 spiro atoms. The largest absolute Gasteiger partial charge is 0.493 e. The summed E-state index contributed by atoms with van der Waals surface area (Å²) in [7, 11) is 1.53. The second kappa shape index (κ2) is 11.8. The molecular formula is C28H27N3O6S. The first-order valence-corrected chi connectivity index (χ1v) is 12.8. The smallest absolute Gasteiger partial charge is 0.338 e. The van der Waals surface area contributed by atoms with E-state index in [0.29, 0.717) is 50.0 Å². The zero-order valence-corrected chi connectivity index (χ0v) is 22.3. The first-order chi connectivity index (χ1) is 18.4. The van der Waals surface area contributed by atoms with Crippen LogP contribution in [0.1, 0.15) is 37.9 Å². The highest BCUT2D eigenvalue weighted by molar-refractivity contribution is 7.07. The minimum absolute atomic E-state index is 0.121. The highest BCUT2D eigenvalue weighted by atomic mass is 32.1. The van der Waals surface area contributed by atoms with Crippen LogP contribution in [0.25, 0.3) is 6.08 Å². The van der Waals surface area contributed by atoms with Gasteiger partial charge < -0.3 is 18.9 Å². The normalized spacial score (nSPS) is 14.8. The maximum absolute atomic E-state index is 13.9. The number of hydrogen-bond donors (Lipinski definition) is 0. The second-order valence-corrected chi connectivity index (χ2v) is 9.11. The number of carbonyl (C=O) groups excluding carboxylic acids is 1. The van der Waals surface area contributed by atoms with Crippen LogP contribution >= 0.6 is 11.3 Å². The molecule has 0 N–H and O–H groups in total. The van der Waals surface area contributed by atoms with Gasteiger partial charge in [0.1, 0.15) is 17.9 Å². The Kier molecular flexibility index (Phi) is 8.28. The number of nitrogens with zero attached hydrogens (tertiary/aromatic N) is 3. The number of nitriles is 1. The molecule has 9 nitrogen and oxygen atoms in total. The zero-order valence-electron chi connectivity index (χ0n) is 21.5. The molecule has 3 aromatic rings. The van der Waals surface area contributed by atoms with Gasteiger partial charge in [-0.1, -0.05) is 41.7 Å². The quantitative estimate of drug-likeness (QED) is 0.389. The summed E-state index contributed by atoms with van der Waals surface area (Å²) in [4.78, 5) is 32.2. The van der Waals surface area contributed by atoms with Gasteiger partial charge in [0.2, 0.25) is 0 Å². The lowest BCUT2D eigenvalue weighted by Gasteiger charge is -2.26. The van der Waals surface area contributed by atoms with Gasteiger partial charge in [-0.2, -0.15) is 5.26 Å². The van der Waals surface area contributed by atoms with Crippen LogP contribution in [-0.4, -0.2) is 37.5 Å². The maximum Gasteiger partial charge on any atom is 0.338 e. The molecule has 0 saturated carbocycles. The fourth-order valence-electron chi connectivity index (χ4n) is 4.28. The fraction of sp³-hybridized carbons (Fsp3) is 0.286. The van der Waals surface area contributed by atoms with E-state index in [9.17, 15) is 9.59 Å². The number of thiazole rings is 1. The van der Waals surface area contributed by atoms with Crippen LogP contribution in [0.15, 0.2) is 63.5 Å². The van der Waals surface area contributed by atoms with Crippen molar-refractivity contribution in [1.82, 2.24) is 4.57 Å². The number of ether oxygens (including phenoxy) is 4. The van der Waals surface area contributed by atoms with E-state index in [-0.39, 0.29) is 24.3 Å². The maximum atomic E-state index is 13.9. The van der Waals surface area contributed by atoms with Crippen molar-refractivity contribution in [2.75, 3.05) is 26.9 Å². The molecular weight excluding hydrogens is 506 g/mol. The molecule has 2 heterocycles. The number of esters is 1. The van der Waals surface area contributed by atoms with Crippen LogP contribution in [0, 0.1) is 11.3 Å². The molecule has 1 aliphatic heterocycles. The number of para-hydroxylation sites is 2. The number of rotatable bonds is 9. The Morgan fingerprint density at radius 3 is 2.61 bits per heavy atom. The molecule has 38 heavy (non-hydrogen) atoms. The number of allylic oxidation sites excluding steroid dienone is 1. The van der Waals surface area contributed by atoms with Crippen molar-refractivity contribution in [1.29, 1.82) is 5.26 Å². The third kappa shape index (κ3) is 5.06. The van der Waals surface area contributed by atoms with Crippen LogP contribution in [0.2, 0.25) is 0 Å². The molecule has 10 heteroatoms. The predicted molar refractivity (Wildman–Crippen MR) is 142 cm³/mol. The summed E-state index contributed by atoms with van der Waals surface area (Å²) in [5.74, 6) is 0.830. The van der Waals surface area contributed by atoms with Crippen LogP contribution < -0.4 is 29.1 Å². The highest BCUT2D eigenvalue weighted by Gasteiger charge is 2.36. The van der Waals surface area contributed by atoms with Crippen molar-refractivity contribution in [3.63, 3.8) is 0 Å². The zero-order chi connectivity index (χ0) is 27.2. The van der Waals surface area contributed by atoms with E-state index >= 15 is 0 Å².